The summed E-state index contributed by atoms with van der Waals surface area (Å²) in [6.07, 6.45) is 0.838. The first kappa shape index (κ1) is 20.7. The zero-order chi connectivity index (χ0) is 19.8. The van der Waals surface area contributed by atoms with Gasteiger partial charge in [0.2, 0.25) is 0 Å². The van der Waals surface area contributed by atoms with Crippen molar-refractivity contribution in [2.24, 2.45) is 0 Å². The molecule has 146 valence electrons. The fourth-order valence-electron chi connectivity index (χ4n) is 2.45. The summed E-state index contributed by atoms with van der Waals surface area (Å²) in [7, 11) is 2.98. The normalized spacial score (nSPS) is 13.4. The largest absolute Gasteiger partial charge is 0.493 e. The maximum atomic E-state index is 10.0. The first-order valence-corrected chi connectivity index (χ1v) is 8.32. The van der Waals surface area contributed by atoms with Crippen molar-refractivity contribution in [1.29, 1.82) is 0 Å². The number of rotatable bonds is 9. The monoisotopic (exact) mass is 376 g/mol. The average Bonchev–Trinajstić information content (AvgIpc) is 2.71. The van der Waals surface area contributed by atoms with E-state index in [2.05, 4.69) is 0 Å². The molecule has 2 rings (SSSR count). The number of benzene rings is 2. The van der Waals surface area contributed by atoms with E-state index in [9.17, 15) is 10.2 Å². The molecule has 0 aliphatic rings. The molecule has 0 saturated carbocycles. The van der Waals surface area contributed by atoms with E-state index in [1.807, 2.05) is 6.07 Å². The van der Waals surface area contributed by atoms with Crippen LogP contribution in [-0.4, -0.2) is 54.0 Å². The Kier molecular flexibility index (Phi) is 7.63. The van der Waals surface area contributed by atoms with Gasteiger partial charge in [-0.25, -0.2) is 0 Å². The van der Waals surface area contributed by atoms with Crippen molar-refractivity contribution in [3.05, 3.63) is 53.6 Å². The van der Waals surface area contributed by atoms with E-state index >= 15 is 0 Å². The molecule has 0 radical (unpaired) electrons. The second-order valence-corrected chi connectivity index (χ2v) is 5.70. The summed E-state index contributed by atoms with van der Waals surface area (Å²) in [4.78, 5) is 0. The number of hydrogen-bond acceptors (Lipinski definition) is 7. The van der Waals surface area contributed by atoms with Crippen LogP contribution >= 0.6 is 0 Å². The fourth-order valence-corrected chi connectivity index (χ4v) is 2.45. The minimum atomic E-state index is -1.29. The molecule has 0 bridgehead atoms. The summed E-state index contributed by atoms with van der Waals surface area (Å²) in [6.45, 7) is -0.614. The van der Waals surface area contributed by atoms with Crippen molar-refractivity contribution < 1.29 is 34.6 Å². The maximum Gasteiger partial charge on any atom is 0.169 e. The van der Waals surface area contributed by atoms with Gasteiger partial charge >= 0.3 is 0 Å². The third kappa shape index (κ3) is 5.21. The molecular weight excluding hydrogens is 352 g/mol. The Hall–Kier alpha value is -2.58. The van der Waals surface area contributed by atoms with Gasteiger partial charge in [-0.3, -0.25) is 0 Å². The second kappa shape index (κ2) is 9.94. The van der Waals surface area contributed by atoms with Crippen LogP contribution < -0.4 is 14.2 Å². The Morgan fingerprint density at radius 2 is 1.52 bits per heavy atom. The van der Waals surface area contributed by atoms with Gasteiger partial charge in [-0.15, -0.1) is 0 Å². The lowest BCUT2D eigenvalue weighted by Gasteiger charge is -2.18. The second-order valence-electron chi connectivity index (χ2n) is 5.70. The Bertz CT molecular complexity index is 773. The molecule has 2 atom stereocenters. The van der Waals surface area contributed by atoms with E-state index in [0.717, 1.165) is 5.56 Å². The van der Waals surface area contributed by atoms with Crippen LogP contribution in [0.2, 0.25) is 0 Å². The minimum absolute atomic E-state index is 0.0546. The molecule has 0 saturated heterocycles. The quantitative estimate of drug-likeness (QED) is 0.529. The Balaban J connectivity index is 2.30. The van der Waals surface area contributed by atoms with Crippen LogP contribution in [0.15, 0.2) is 42.5 Å². The molecule has 2 unspecified atom stereocenters. The summed E-state index contributed by atoms with van der Waals surface area (Å²) in [5.41, 5.74) is 1.23. The molecule has 2 aromatic carbocycles. The lowest BCUT2D eigenvalue weighted by atomic mass is 10.0. The molecule has 7 nitrogen and oxygen atoms in total. The molecule has 0 amide bonds. The van der Waals surface area contributed by atoms with Gasteiger partial charge in [0.1, 0.15) is 12.2 Å². The highest BCUT2D eigenvalue weighted by Gasteiger charge is 2.20. The van der Waals surface area contributed by atoms with Crippen molar-refractivity contribution in [2.45, 2.75) is 12.2 Å². The summed E-state index contributed by atoms with van der Waals surface area (Å²) in [6, 6.07) is 10.0. The van der Waals surface area contributed by atoms with Gasteiger partial charge < -0.3 is 34.6 Å². The zero-order valence-corrected chi connectivity index (χ0v) is 15.2. The van der Waals surface area contributed by atoms with E-state index in [1.165, 1.54) is 20.3 Å². The molecule has 0 heterocycles. The summed E-state index contributed by atoms with van der Waals surface area (Å²) >= 11 is 0. The molecule has 4 N–H and O–H groups in total. The number of hydrogen-bond donors (Lipinski definition) is 4. The van der Waals surface area contributed by atoms with Crippen LogP contribution in [0.3, 0.4) is 0 Å². The molecular formula is C20H24O7. The van der Waals surface area contributed by atoms with E-state index in [-0.39, 0.29) is 6.61 Å². The molecule has 0 fully saturated rings. The molecule has 0 spiro atoms. The molecule has 0 aliphatic heterocycles. The standard InChI is InChI=1S/C20H24O7/c1-25-18-10-13(4-3-9-21)5-7-16(18)27-17-8-6-14(11-19(17)26-2)20(24)15(23)12-22/h3-8,10-11,15,20-24H,9,12H2,1-2H3. The van der Waals surface area contributed by atoms with Crippen molar-refractivity contribution >= 4 is 6.08 Å². The van der Waals surface area contributed by atoms with Crippen LogP contribution in [0, 0.1) is 0 Å². The minimum Gasteiger partial charge on any atom is -0.493 e. The van der Waals surface area contributed by atoms with Gasteiger partial charge in [0.25, 0.3) is 0 Å². The lowest BCUT2D eigenvalue weighted by Crippen LogP contribution is -2.22. The van der Waals surface area contributed by atoms with E-state index in [4.69, 9.17) is 24.4 Å². The topological polar surface area (TPSA) is 109 Å². The van der Waals surface area contributed by atoms with Gasteiger partial charge in [-0.1, -0.05) is 24.3 Å². The van der Waals surface area contributed by atoms with Gasteiger partial charge in [0.15, 0.2) is 23.0 Å². The van der Waals surface area contributed by atoms with Gasteiger partial charge in [-0.2, -0.15) is 0 Å². The molecule has 0 aromatic heterocycles. The Labute approximate surface area is 157 Å². The molecule has 27 heavy (non-hydrogen) atoms. The van der Waals surface area contributed by atoms with Crippen molar-refractivity contribution in [3.8, 4) is 23.0 Å². The number of methoxy groups -OCH3 is 2. The van der Waals surface area contributed by atoms with Crippen LogP contribution in [0.5, 0.6) is 23.0 Å². The number of aliphatic hydroxyl groups excluding tert-OH is 4. The van der Waals surface area contributed by atoms with Crippen molar-refractivity contribution in [2.75, 3.05) is 27.4 Å². The Morgan fingerprint density at radius 1 is 0.889 bits per heavy atom. The number of aliphatic hydroxyl groups is 4. The number of ether oxygens (including phenoxy) is 3. The average molecular weight is 376 g/mol. The molecule has 0 aliphatic carbocycles. The third-order valence-electron chi connectivity index (χ3n) is 3.90. The third-order valence-corrected chi connectivity index (χ3v) is 3.90. The lowest BCUT2D eigenvalue weighted by molar-refractivity contribution is -0.0153. The van der Waals surface area contributed by atoms with E-state index in [1.54, 1.807) is 36.4 Å². The highest BCUT2D eigenvalue weighted by Crippen LogP contribution is 2.38. The highest BCUT2D eigenvalue weighted by atomic mass is 16.5. The van der Waals surface area contributed by atoms with Crippen molar-refractivity contribution in [3.63, 3.8) is 0 Å². The smallest absolute Gasteiger partial charge is 0.169 e. The van der Waals surface area contributed by atoms with Gasteiger partial charge in [-0.05, 0) is 35.4 Å². The Morgan fingerprint density at radius 3 is 2.11 bits per heavy atom. The molecule has 7 heteroatoms. The molecule has 2 aromatic rings. The first-order chi connectivity index (χ1) is 13.0. The summed E-state index contributed by atoms with van der Waals surface area (Å²) < 4.78 is 16.6. The van der Waals surface area contributed by atoms with Crippen LogP contribution in [-0.2, 0) is 0 Å². The van der Waals surface area contributed by atoms with Crippen LogP contribution in [0.4, 0.5) is 0 Å². The van der Waals surface area contributed by atoms with Crippen molar-refractivity contribution in [1.82, 2.24) is 0 Å². The van der Waals surface area contributed by atoms with Gasteiger partial charge in [0, 0.05) is 0 Å². The van der Waals surface area contributed by atoms with Gasteiger partial charge in [0.05, 0.1) is 27.4 Å². The first-order valence-electron chi connectivity index (χ1n) is 8.32. The SMILES string of the molecule is COc1cc(C=CCO)ccc1Oc1ccc(C(O)C(O)CO)cc1OC. The summed E-state index contributed by atoms with van der Waals surface area (Å²) in [5.74, 6) is 1.70. The van der Waals surface area contributed by atoms with E-state index in [0.29, 0.717) is 28.6 Å². The van der Waals surface area contributed by atoms with E-state index < -0.39 is 18.8 Å². The highest BCUT2D eigenvalue weighted by molar-refractivity contribution is 5.57. The summed E-state index contributed by atoms with van der Waals surface area (Å²) in [5, 5.41) is 37.5. The van der Waals surface area contributed by atoms with Crippen LogP contribution in [0.1, 0.15) is 17.2 Å². The zero-order valence-electron chi connectivity index (χ0n) is 15.2. The fraction of sp³-hybridized carbons (Fsp3) is 0.300. The predicted octanol–water partition coefficient (Wildman–Crippen LogP) is 1.89. The maximum absolute atomic E-state index is 10.0. The predicted molar refractivity (Wildman–Crippen MR) is 100 cm³/mol. The van der Waals surface area contributed by atoms with Crippen LogP contribution in [0.25, 0.3) is 6.08 Å².